The molecule has 1 spiro atoms. The average molecular weight is 275 g/mol. The van der Waals surface area contributed by atoms with Crippen molar-refractivity contribution in [2.24, 2.45) is 0 Å². The normalized spacial score (nSPS) is 27.9. The lowest BCUT2D eigenvalue weighted by atomic mass is 9.92. The Morgan fingerprint density at radius 2 is 1.95 bits per heavy atom. The third-order valence-corrected chi connectivity index (χ3v) is 4.66. The van der Waals surface area contributed by atoms with Crippen molar-refractivity contribution in [2.75, 3.05) is 19.7 Å². The molecule has 0 saturated carbocycles. The van der Waals surface area contributed by atoms with Gasteiger partial charge in [0.25, 0.3) is 0 Å². The summed E-state index contributed by atoms with van der Waals surface area (Å²) in [5.74, 6) is 0.933. The molecule has 0 radical (unpaired) electrons. The molecule has 1 aromatic heterocycles. The highest BCUT2D eigenvalue weighted by Gasteiger charge is 2.36. The van der Waals surface area contributed by atoms with Crippen LogP contribution in [0, 0.1) is 0 Å². The highest BCUT2D eigenvalue weighted by molar-refractivity contribution is 5.05. The number of aromatic nitrogens is 2. The molecule has 4 nitrogen and oxygen atoms in total. The molecule has 3 rings (SSSR count). The molecule has 3 heterocycles. The zero-order chi connectivity index (χ0) is 13.8. The molecule has 1 atom stereocenters. The first-order valence-electron chi connectivity index (χ1n) is 7.96. The van der Waals surface area contributed by atoms with Gasteiger partial charge in [0, 0.05) is 44.1 Å². The molecule has 0 bridgehead atoms. The molecule has 110 valence electrons. The fraction of sp³-hybridized carbons (Fsp3) is 0.750. The maximum atomic E-state index is 6.04. The van der Waals surface area contributed by atoms with Gasteiger partial charge in [-0.3, -0.25) is 4.90 Å². The summed E-state index contributed by atoms with van der Waals surface area (Å²) in [5.41, 5.74) is 1.43. The van der Waals surface area contributed by atoms with Crippen molar-refractivity contribution >= 4 is 0 Å². The lowest BCUT2D eigenvalue weighted by molar-refractivity contribution is -0.00737. The maximum Gasteiger partial charge on any atom is 0.127 e. The van der Waals surface area contributed by atoms with E-state index in [0.717, 1.165) is 31.9 Å². The molecule has 2 saturated heterocycles. The van der Waals surface area contributed by atoms with Crippen LogP contribution in [0.15, 0.2) is 12.4 Å². The van der Waals surface area contributed by atoms with E-state index < -0.39 is 0 Å². The minimum absolute atomic E-state index is 0.206. The average Bonchev–Trinajstić information content (AvgIpc) is 2.85. The highest BCUT2D eigenvalue weighted by atomic mass is 16.5. The highest BCUT2D eigenvalue weighted by Crippen LogP contribution is 2.35. The van der Waals surface area contributed by atoms with Gasteiger partial charge in [-0.05, 0) is 38.6 Å². The van der Waals surface area contributed by atoms with E-state index in [4.69, 9.17) is 4.74 Å². The summed E-state index contributed by atoms with van der Waals surface area (Å²) < 4.78 is 6.04. The Balaban J connectivity index is 1.57. The second-order valence-electron chi connectivity index (χ2n) is 6.13. The molecule has 0 aliphatic carbocycles. The second-order valence-corrected chi connectivity index (χ2v) is 6.13. The second kappa shape index (κ2) is 6.19. The number of likely N-dealkylation sites (tertiary alicyclic amines) is 1. The summed E-state index contributed by atoms with van der Waals surface area (Å²) in [5, 5.41) is 0. The zero-order valence-electron chi connectivity index (χ0n) is 12.5. The van der Waals surface area contributed by atoms with E-state index in [9.17, 15) is 0 Å². The zero-order valence-corrected chi connectivity index (χ0v) is 12.5. The number of nitrogens with zero attached hydrogens (tertiary/aromatic N) is 3. The van der Waals surface area contributed by atoms with Gasteiger partial charge in [-0.15, -0.1) is 0 Å². The predicted molar refractivity (Wildman–Crippen MR) is 78.5 cm³/mol. The molecular formula is C16H25N3O. The van der Waals surface area contributed by atoms with E-state index in [-0.39, 0.29) is 5.60 Å². The van der Waals surface area contributed by atoms with Gasteiger partial charge in [-0.1, -0.05) is 6.92 Å². The summed E-state index contributed by atoms with van der Waals surface area (Å²) in [6.45, 7) is 6.33. The van der Waals surface area contributed by atoms with Crippen LogP contribution >= 0.6 is 0 Å². The Morgan fingerprint density at radius 1 is 1.15 bits per heavy atom. The van der Waals surface area contributed by atoms with E-state index in [1.54, 1.807) is 0 Å². The Morgan fingerprint density at radius 3 is 2.65 bits per heavy atom. The molecule has 20 heavy (non-hydrogen) atoms. The van der Waals surface area contributed by atoms with Gasteiger partial charge in [-0.2, -0.15) is 0 Å². The first kappa shape index (κ1) is 14.0. The van der Waals surface area contributed by atoms with Crippen LogP contribution in [0.2, 0.25) is 0 Å². The Bertz CT molecular complexity index is 426. The van der Waals surface area contributed by atoms with Gasteiger partial charge in [0.2, 0.25) is 0 Å². The summed E-state index contributed by atoms with van der Waals surface area (Å²) in [6.07, 6.45) is 11.0. The van der Waals surface area contributed by atoms with E-state index in [1.807, 2.05) is 12.4 Å². The summed E-state index contributed by atoms with van der Waals surface area (Å²) in [7, 11) is 0. The minimum Gasteiger partial charge on any atom is -0.375 e. The lowest BCUT2D eigenvalue weighted by Crippen LogP contribution is -2.30. The first-order valence-corrected chi connectivity index (χ1v) is 7.96. The topological polar surface area (TPSA) is 38.2 Å². The molecule has 1 aromatic rings. The van der Waals surface area contributed by atoms with Crippen molar-refractivity contribution < 1.29 is 4.74 Å². The molecule has 2 aliphatic heterocycles. The Labute approximate surface area is 121 Å². The lowest BCUT2D eigenvalue weighted by Gasteiger charge is -2.27. The van der Waals surface area contributed by atoms with Gasteiger partial charge >= 0.3 is 0 Å². The van der Waals surface area contributed by atoms with Crippen LogP contribution in [0.5, 0.6) is 0 Å². The molecule has 0 N–H and O–H groups in total. The fourth-order valence-corrected chi connectivity index (χ4v) is 3.44. The maximum absolute atomic E-state index is 6.04. The van der Waals surface area contributed by atoms with Gasteiger partial charge in [0.15, 0.2) is 0 Å². The third kappa shape index (κ3) is 3.18. The van der Waals surface area contributed by atoms with E-state index in [1.165, 1.54) is 44.2 Å². The number of aryl methyl sites for hydroxylation is 1. The molecule has 2 aliphatic rings. The third-order valence-electron chi connectivity index (χ3n) is 4.66. The van der Waals surface area contributed by atoms with E-state index in [0.29, 0.717) is 0 Å². The van der Waals surface area contributed by atoms with Gasteiger partial charge in [-0.25, -0.2) is 9.97 Å². The van der Waals surface area contributed by atoms with Crippen molar-refractivity contribution in [3.63, 3.8) is 0 Å². The summed E-state index contributed by atoms with van der Waals surface area (Å²) in [4.78, 5) is 11.3. The van der Waals surface area contributed by atoms with Crippen LogP contribution in [-0.2, 0) is 17.7 Å². The van der Waals surface area contributed by atoms with Crippen LogP contribution in [0.1, 0.15) is 50.4 Å². The summed E-state index contributed by atoms with van der Waals surface area (Å²) in [6, 6.07) is 0. The van der Waals surface area contributed by atoms with Crippen LogP contribution in [0.4, 0.5) is 0 Å². The SMILES string of the molecule is CCc1ncc(CN2CCC[C@]3(CCCO3)CC2)cn1. The van der Waals surface area contributed by atoms with E-state index in [2.05, 4.69) is 21.8 Å². The monoisotopic (exact) mass is 275 g/mol. The van der Waals surface area contributed by atoms with Crippen molar-refractivity contribution in [3.05, 3.63) is 23.8 Å². The molecule has 0 amide bonds. The Hall–Kier alpha value is -1.00. The van der Waals surface area contributed by atoms with Crippen LogP contribution in [0.3, 0.4) is 0 Å². The molecule has 0 unspecified atom stereocenters. The fourth-order valence-electron chi connectivity index (χ4n) is 3.44. The standard InChI is InChI=1S/C16H25N3O/c1-2-15-17-11-14(12-18-15)13-19-8-3-5-16(7-9-19)6-4-10-20-16/h11-12H,2-10,13H2,1H3/t16-/m0/s1. The van der Waals surface area contributed by atoms with Crippen LogP contribution < -0.4 is 0 Å². The quantitative estimate of drug-likeness (QED) is 0.850. The number of hydrogen-bond donors (Lipinski definition) is 0. The van der Waals surface area contributed by atoms with Gasteiger partial charge in [0.1, 0.15) is 5.82 Å². The smallest absolute Gasteiger partial charge is 0.127 e. The van der Waals surface area contributed by atoms with Crippen molar-refractivity contribution in [2.45, 2.75) is 57.6 Å². The number of ether oxygens (including phenoxy) is 1. The van der Waals surface area contributed by atoms with E-state index >= 15 is 0 Å². The summed E-state index contributed by atoms with van der Waals surface area (Å²) >= 11 is 0. The molecule has 2 fully saturated rings. The Kier molecular flexibility index (Phi) is 4.32. The molecule has 4 heteroatoms. The van der Waals surface area contributed by atoms with Crippen molar-refractivity contribution in [1.29, 1.82) is 0 Å². The number of hydrogen-bond acceptors (Lipinski definition) is 4. The van der Waals surface area contributed by atoms with Gasteiger partial charge in [0.05, 0.1) is 5.60 Å². The molecular weight excluding hydrogens is 250 g/mol. The number of rotatable bonds is 3. The minimum atomic E-state index is 0.206. The first-order chi connectivity index (χ1) is 9.80. The van der Waals surface area contributed by atoms with Gasteiger partial charge < -0.3 is 4.74 Å². The van der Waals surface area contributed by atoms with Crippen molar-refractivity contribution in [3.8, 4) is 0 Å². The van der Waals surface area contributed by atoms with Crippen LogP contribution in [0.25, 0.3) is 0 Å². The molecule has 0 aromatic carbocycles. The predicted octanol–water partition coefficient (Wildman–Crippen LogP) is 2.57. The van der Waals surface area contributed by atoms with Crippen LogP contribution in [-0.4, -0.2) is 40.2 Å². The largest absolute Gasteiger partial charge is 0.375 e. The van der Waals surface area contributed by atoms with Crippen molar-refractivity contribution in [1.82, 2.24) is 14.9 Å².